The van der Waals surface area contributed by atoms with Crippen LogP contribution in [0.2, 0.25) is 0 Å². The molecule has 1 saturated heterocycles. The summed E-state index contributed by atoms with van der Waals surface area (Å²) >= 11 is 0. The molecule has 1 heterocycles. The number of amides is 3. The molecule has 0 spiro atoms. The highest BCUT2D eigenvalue weighted by atomic mass is 16.2. The Bertz CT molecular complexity index is 889. The summed E-state index contributed by atoms with van der Waals surface area (Å²) in [6.45, 7) is 8.04. The van der Waals surface area contributed by atoms with E-state index in [1.165, 1.54) is 12.0 Å². The first-order valence-corrected chi connectivity index (χ1v) is 11.4. The number of urea groups is 1. The number of rotatable bonds is 7. The molecule has 0 radical (unpaired) electrons. The molecule has 1 aliphatic rings. The predicted molar refractivity (Wildman–Crippen MR) is 128 cm³/mol. The van der Waals surface area contributed by atoms with Crippen LogP contribution in [0.25, 0.3) is 0 Å². The van der Waals surface area contributed by atoms with Crippen molar-refractivity contribution in [3.05, 3.63) is 53.6 Å². The quantitative estimate of drug-likeness (QED) is 0.558. The average Bonchev–Trinajstić information content (AvgIpc) is 2.80. The summed E-state index contributed by atoms with van der Waals surface area (Å²) in [5.74, 6) is -0.103. The molecule has 3 rings (SSSR count). The Hall–Kier alpha value is -3.02. The first kappa shape index (κ1) is 22.7. The minimum Gasteiger partial charge on any atom is -0.371 e. The van der Waals surface area contributed by atoms with E-state index in [-0.39, 0.29) is 18.0 Å². The Balaban J connectivity index is 1.77. The van der Waals surface area contributed by atoms with Crippen LogP contribution in [0.5, 0.6) is 0 Å². The zero-order valence-corrected chi connectivity index (χ0v) is 18.8. The summed E-state index contributed by atoms with van der Waals surface area (Å²) < 4.78 is 0. The summed E-state index contributed by atoms with van der Waals surface area (Å²) in [5.41, 5.74) is 4.08. The maximum absolute atomic E-state index is 13.0. The number of hydrogen-bond donors (Lipinski definition) is 3. The number of carbonyl (C=O) groups is 2. The third-order valence-corrected chi connectivity index (χ3v) is 5.81. The first-order valence-electron chi connectivity index (χ1n) is 11.4. The molecule has 0 saturated carbocycles. The molecule has 6 nitrogen and oxygen atoms in total. The highest BCUT2D eigenvalue weighted by molar-refractivity contribution is 6.04. The normalized spacial score (nSPS) is 14.6. The highest BCUT2D eigenvalue weighted by Gasteiger charge is 2.20. The Morgan fingerprint density at radius 3 is 2.23 bits per heavy atom. The molecule has 0 bridgehead atoms. The predicted octanol–water partition coefficient (Wildman–Crippen LogP) is 5.41. The number of carbonyl (C=O) groups excluding carboxylic acids is 2. The molecule has 1 aliphatic heterocycles. The van der Waals surface area contributed by atoms with Crippen molar-refractivity contribution < 1.29 is 9.59 Å². The van der Waals surface area contributed by atoms with E-state index >= 15 is 0 Å². The molecule has 166 valence electrons. The van der Waals surface area contributed by atoms with E-state index in [2.05, 4.69) is 27.8 Å². The van der Waals surface area contributed by atoms with Gasteiger partial charge in [0.1, 0.15) is 0 Å². The maximum atomic E-state index is 13.0. The third kappa shape index (κ3) is 6.23. The van der Waals surface area contributed by atoms with Gasteiger partial charge in [-0.3, -0.25) is 4.79 Å². The van der Waals surface area contributed by atoms with Gasteiger partial charge < -0.3 is 20.9 Å². The van der Waals surface area contributed by atoms with Crippen LogP contribution in [0.4, 0.5) is 21.9 Å². The number of nitrogens with one attached hydrogen (secondary N) is 3. The molecule has 31 heavy (non-hydrogen) atoms. The van der Waals surface area contributed by atoms with Gasteiger partial charge in [-0.1, -0.05) is 26.0 Å². The van der Waals surface area contributed by atoms with Crippen molar-refractivity contribution in [3.8, 4) is 0 Å². The fraction of sp³-hybridized carbons (Fsp3) is 0.440. The van der Waals surface area contributed by atoms with Crippen LogP contribution >= 0.6 is 0 Å². The van der Waals surface area contributed by atoms with E-state index < -0.39 is 0 Å². The van der Waals surface area contributed by atoms with E-state index in [0.29, 0.717) is 11.3 Å². The fourth-order valence-electron chi connectivity index (χ4n) is 3.73. The maximum Gasteiger partial charge on any atom is 0.323 e. The van der Waals surface area contributed by atoms with E-state index in [1.807, 2.05) is 50.2 Å². The molecule has 2 aromatic rings. The van der Waals surface area contributed by atoms with E-state index in [0.717, 1.165) is 50.1 Å². The zero-order valence-electron chi connectivity index (χ0n) is 18.8. The number of anilines is 3. The molecular formula is C25H34N4O2. The lowest BCUT2D eigenvalue weighted by Gasteiger charge is -2.31. The van der Waals surface area contributed by atoms with Crippen LogP contribution in [0.15, 0.2) is 42.5 Å². The average molecular weight is 423 g/mol. The topological polar surface area (TPSA) is 73.5 Å². The van der Waals surface area contributed by atoms with E-state index in [9.17, 15) is 9.59 Å². The molecule has 0 aliphatic carbocycles. The molecule has 3 amide bonds. The van der Waals surface area contributed by atoms with Crippen molar-refractivity contribution in [1.82, 2.24) is 5.32 Å². The molecule has 1 fully saturated rings. The van der Waals surface area contributed by atoms with E-state index in [1.54, 1.807) is 6.07 Å². The molecular weight excluding hydrogens is 388 g/mol. The second-order valence-electron chi connectivity index (χ2n) is 8.19. The summed E-state index contributed by atoms with van der Waals surface area (Å²) in [7, 11) is 0. The molecule has 0 unspecified atom stereocenters. The first-order chi connectivity index (χ1) is 15.0. The Morgan fingerprint density at radius 2 is 1.58 bits per heavy atom. The van der Waals surface area contributed by atoms with Crippen molar-refractivity contribution in [3.63, 3.8) is 0 Å². The van der Waals surface area contributed by atoms with Crippen molar-refractivity contribution in [2.45, 2.75) is 58.9 Å². The van der Waals surface area contributed by atoms with Gasteiger partial charge in [0, 0.05) is 36.2 Å². The summed E-state index contributed by atoms with van der Waals surface area (Å²) in [6, 6.07) is 13.1. The van der Waals surface area contributed by atoms with E-state index in [4.69, 9.17) is 0 Å². The van der Waals surface area contributed by atoms with Crippen LogP contribution in [0, 0.1) is 0 Å². The largest absolute Gasteiger partial charge is 0.371 e. The van der Waals surface area contributed by atoms with Gasteiger partial charge in [0.15, 0.2) is 0 Å². The van der Waals surface area contributed by atoms with Gasteiger partial charge >= 0.3 is 6.03 Å². The van der Waals surface area contributed by atoms with Gasteiger partial charge in [-0.2, -0.15) is 0 Å². The minimum atomic E-state index is -0.330. The van der Waals surface area contributed by atoms with Gasteiger partial charge in [0.2, 0.25) is 0 Å². The Labute approximate surface area is 185 Å². The molecule has 0 aromatic heterocycles. The molecule has 1 atom stereocenters. The Kier molecular flexibility index (Phi) is 7.93. The number of piperidine rings is 1. The lowest BCUT2D eigenvalue weighted by Crippen LogP contribution is -2.35. The molecule has 6 heteroatoms. The van der Waals surface area contributed by atoms with Gasteiger partial charge in [-0.15, -0.1) is 0 Å². The Morgan fingerprint density at radius 1 is 0.935 bits per heavy atom. The number of hydrogen-bond acceptors (Lipinski definition) is 3. The lowest BCUT2D eigenvalue weighted by molar-refractivity contribution is 0.0939. The van der Waals surface area contributed by atoms with Crippen LogP contribution in [-0.2, 0) is 6.42 Å². The summed E-state index contributed by atoms with van der Waals surface area (Å²) in [5, 5.41) is 8.77. The lowest BCUT2D eigenvalue weighted by atomic mass is 10.1. The van der Waals surface area contributed by atoms with Gasteiger partial charge in [-0.25, -0.2) is 4.79 Å². The van der Waals surface area contributed by atoms with Gasteiger partial charge in [-0.05, 0) is 74.9 Å². The van der Waals surface area contributed by atoms with Crippen LogP contribution in [0.1, 0.15) is 62.4 Å². The van der Waals surface area contributed by atoms with Crippen molar-refractivity contribution >= 4 is 29.0 Å². The van der Waals surface area contributed by atoms with Crippen molar-refractivity contribution in [2.75, 3.05) is 28.6 Å². The number of nitrogens with zero attached hydrogens (tertiary/aromatic N) is 1. The second kappa shape index (κ2) is 10.8. The molecule has 2 aromatic carbocycles. The highest BCUT2D eigenvalue weighted by Crippen LogP contribution is 2.27. The van der Waals surface area contributed by atoms with Crippen molar-refractivity contribution in [2.24, 2.45) is 0 Å². The monoisotopic (exact) mass is 422 g/mol. The summed E-state index contributed by atoms with van der Waals surface area (Å²) in [6.07, 6.45) is 5.31. The zero-order chi connectivity index (χ0) is 22.2. The van der Waals surface area contributed by atoms with Gasteiger partial charge in [0.25, 0.3) is 5.91 Å². The van der Waals surface area contributed by atoms with Crippen LogP contribution in [-0.4, -0.2) is 31.1 Å². The molecule has 3 N–H and O–H groups in total. The van der Waals surface area contributed by atoms with Crippen LogP contribution in [0.3, 0.4) is 0 Å². The number of aryl methyl sites for hydroxylation is 1. The minimum absolute atomic E-state index is 0.0905. The van der Waals surface area contributed by atoms with Crippen molar-refractivity contribution in [1.29, 1.82) is 0 Å². The summed E-state index contributed by atoms with van der Waals surface area (Å²) in [4.78, 5) is 27.8. The van der Waals surface area contributed by atoms with Crippen LogP contribution < -0.4 is 20.9 Å². The second-order valence-corrected chi connectivity index (χ2v) is 8.19. The fourth-order valence-corrected chi connectivity index (χ4v) is 3.73. The third-order valence-electron chi connectivity index (χ3n) is 5.81. The SMILES string of the molecule is CCc1ccc(NC(=O)Nc2ccc(N3CCCCC3)c(C(=O)N[C@@H](C)CC)c2)cc1. The standard InChI is InChI=1S/C25H34N4O2/c1-4-18(3)26-24(30)22-17-21(13-14-23(22)29-15-7-6-8-16-29)28-25(31)27-20-11-9-19(5-2)10-12-20/h9-14,17-18H,4-8,15-16H2,1-3H3,(H,26,30)(H2,27,28,31)/t18-/m0/s1. The number of benzene rings is 2. The smallest absolute Gasteiger partial charge is 0.323 e. The van der Waals surface area contributed by atoms with Gasteiger partial charge in [0.05, 0.1) is 5.56 Å².